The first-order valence-corrected chi connectivity index (χ1v) is 24.7. The van der Waals surface area contributed by atoms with Crippen molar-refractivity contribution in [1.29, 1.82) is 0 Å². The van der Waals surface area contributed by atoms with Crippen molar-refractivity contribution in [2.75, 3.05) is 49.8 Å². The largest absolute Gasteiger partial charge is 0.462 e. The molecule has 4 rings (SSSR count). The summed E-state index contributed by atoms with van der Waals surface area (Å²) in [5.41, 5.74) is 2.54. The standard InChI is InChI=1S/C45H64N6O7S2/c1-6-8-9-10-11-12-13-14-15-16-17-18-19-22-33-58-45(53)36-25-27-37(28-26-36)47-44(52)42(43-49-40-23-20-21-24-41(40)60(56,57)50(43)4)48-39-30-29-38(34-35(39)3)51(7-2)32-31-46-59(5,54)55/h20-21,23-30,34,46H,6-19,22,31-33H2,1-5H3,(H,47,52). The molecule has 15 heteroatoms. The fourth-order valence-electron chi connectivity index (χ4n) is 6.96. The molecular weight excluding hydrogens is 801 g/mol. The number of sulfonamides is 2. The van der Waals surface area contributed by atoms with E-state index in [-0.39, 0.29) is 28.7 Å². The van der Waals surface area contributed by atoms with Crippen molar-refractivity contribution in [2.45, 2.75) is 116 Å². The lowest BCUT2D eigenvalue weighted by atomic mass is 10.0. The van der Waals surface area contributed by atoms with E-state index < -0.39 is 31.9 Å². The second kappa shape index (κ2) is 24.0. The van der Waals surface area contributed by atoms with Crippen LogP contribution in [0.15, 0.2) is 81.6 Å². The molecule has 328 valence electrons. The van der Waals surface area contributed by atoms with Gasteiger partial charge in [-0.15, -0.1) is 0 Å². The van der Waals surface area contributed by atoms with Gasteiger partial charge in [-0.1, -0.05) is 103 Å². The molecule has 3 aromatic carbocycles. The van der Waals surface area contributed by atoms with Gasteiger partial charge in [-0.25, -0.2) is 36.3 Å². The number of hydrogen-bond donors (Lipinski definition) is 2. The summed E-state index contributed by atoms with van der Waals surface area (Å²) >= 11 is 0. The number of fused-ring (bicyclic) bond motifs is 1. The van der Waals surface area contributed by atoms with Gasteiger partial charge in [0, 0.05) is 38.1 Å². The van der Waals surface area contributed by atoms with E-state index in [1.54, 1.807) is 54.6 Å². The molecule has 1 amide bonds. The molecule has 1 heterocycles. The number of anilines is 2. The number of rotatable bonds is 26. The summed E-state index contributed by atoms with van der Waals surface area (Å²) in [6.45, 7) is 7.62. The Labute approximate surface area is 358 Å². The van der Waals surface area contributed by atoms with Crippen molar-refractivity contribution in [3.05, 3.63) is 77.9 Å². The second-order valence-electron chi connectivity index (χ2n) is 15.3. The lowest BCUT2D eigenvalue weighted by Gasteiger charge is -2.27. The van der Waals surface area contributed by atoms with Crippen molar-refractivity contribution in [3.8, 4) is 0 Å². The summed E-state index contributed by atoms with van der Waals surface area (Å²) in [4.78, 5) is 38.2. The first kappa shape index (κ1) is 48.1. The van der Waals surface area contributed by atoms with Crippen molar-refractivity contribution in [1.82, 2.24) is 9.03 Å². The third kappa shape index (κ3) is 14.8. The van der Waals surface area contributed by atoms with E-state index >= 15 is 0 Å². The van der Waals surface area contributed by atoms with Crippen LogP contribution in [0.3, 0.4) is 0 Å². The van der Waals surface area contributed by atoms with E-state index in [9.17, 15) is 26.4 Å². The maximum absolute atomic E-state index is 14.1. The van der Waals surface area contributed by atoms with Crippen molar-refractivity contribution in [2.24, 2.45) is 9.98 Å². The molecule has 0 atom stereocenters. The summed E-state index contributed by atoms with van der Waals surface area (Å²) in [6, 6.07) is 18.0. The average Bonchev–Trinajstić information content (AvgIpc) is 3.22. The third-order valence-corrected chi connectivity index (χ3v) is 13.0. The number of esters is 1. The van der Waals surface area contributed by atoms with Crippen LogP contribution in [0.5, 0.6) is 0 Å². The number of aliphatic imine (C=N–C) groups is 2. The highest BCUT2D eigenvalue weighted by Gasteiger charge is 2.36. The number of nitrogens with zero attached hydrogens (tertiary/aromatic N) is 4. The fraction of sp³-hybridized carbons (Fsp3) is 0.511. The quantitative estimate of drug-likeness (QED) is 0.0458. The molecule has 0 radical (unpaired) electrons. The Kier molecular flexibility index (Phi) is 19.2. The number of nitrogens with one attached hydrogen (secondary N) is 2. The molecule has 0 bridgehead atoms. The molecule has 3 aromatic rings. The van der Waals surface area contributed by atoms with E-state index in [0.717, 1.165) is 35.5 Å². The fourth-order valence-corrected chi connectivity index (χ4v) is 8.70. The summed E-state index contributed by atoms with van der Waals surface area (Å²) in [5.74, 6) is -1.33. The molecular formula is C45H64N6O7S2. The predicted molar refractivity (Wildman–Crippen MR) is 243 cm³/mol. The van der Waals surface area contributed by atoms with E-state index in [2.05, 4.69) is 22.0 Å². The number of benzene rings is 3. The Morgan fingerprint density at radius 1 is 0.833 bits per heavy atom. The lowest BCUT2D eigenvalue weighted by Crippen LogP contribution is -2.44. The number of ether oxygens (including phenoxy) is 1. The summed E-state index contributed by atoms with van der Waals surface area (Å²) in [5, 5.41) is 2.80. The minimum absolute atomic E-state index is 0.00776. The summed E-state index contributed by atoms with van der Waals surface area (Å²) < 4.78 is 59.4. The highest BCUT2D eigenvalue weighted by atomic mass is 32.2. The number of amidine groups is 1. The maximum atomic E-state index is 14.1. The van der Waals surface area contributed by atoms with Gasteiger partial charge in [0.2, 0.25) is 10.0 Å². The number of carbonyl (C=O) groups is 2. The number of aryl methyl sites for hydroxylation is 1. The smallest absolute Gasteiger partial charge is 0.338 e. The Balaban J connectivity index is 1.39. The first-order chi connectivity index (χ1) is 28.7. The Morgan fingerprint density at radius 2 is 1.43 bits per heavy atom. The number of hydrogen-bond acceptors (Lipinski definition) is 10. The SMILES string of the molecule is CCCCCCCCCCCCCCCCOC(=O)c1ccc(NC(=O)C(=Nc2ccc(N(CC)CCNS(C)(=O)=O)cc2C)C2=Nc3ccccc3S(=O)(=O)N2C)cc1. The molecule has 13 nitrogen and oxygen atoms in total. The van der Waals surface area contributed by atoms with Crippen LogP contribution in [-0.2, 0) is 29.6 Å². The van der Waals surface area contributed by atoms with Gasteiger partial charge in [-0.2, -0.15) is 0 Å². The van der Waals surface area contributed by atoms with Crippen LogP contribution in [0, 0.1) is 6.92 Å². The zero-order valence-electron chi connectivity index (χ0n) is 36.0. The monoisotopic (exact) mass is 864 g/mol. The minimum Gasteiger partial charge on any atom is -0.462 e. The molecule has 1 aliphatic heterocycles. The zero-order valence-corrected chi connectivity index (χ0v) is 37.7. The van der Waals surface area contributed by atoms with E-state index in [1.807, 2.05) is 24.8 Å². The molecule has 0 saturated heterocycles. The van der Waals surface area contributed by atoms with E-state index in [1.165, 1.54) is 83.7 Å². The normalized spacial score (nSPS) is 13.7. The first-order valence-electron chi connectivity index (χ1n) is 21.4. The molecule has 0 saturated carbocycles. The van der Waals surface area contributed by atoms with Crippen molar-refractivity contribution >= 4 is 66.2 Å². The molecule has 0 spiro atoms. The van der Waals surface area contributed by atoms with Gasteiger partial charge in [-0.05, 0) is 80.4 Å². The van der Waals surface area contributed by atoms with Gasteiger partial charge in [0.15, 0.2) is 11.5 Å². The van der Waals surface area contributed by atoms with Crippen LogP contribution in [0.4, 0.5) is 22.7 Å². The van der Waals surface area contributed by atoms with Gasteiger partial charge in [0.25, 0.3) is 15.9 Å². The Bertz CT molecular complexity index is 2160. The summed E-state index contributed by atoms with van der Waals surface area (Å²) in [6.07, 6.45) is 18.6. The molecule has 0 fully saturated rings. The van der Waals surface area contributed by atoms with Gasteiger partial charge in [-0.3, -0.25) is 9.10 Å². The number of para-hydroxylation sites is 1. The van der Waals surface area contributed by atoms with Crippen LogP contribution >= 0.6 is 0 Å². The van der Waals surface area contributed by atoms with Crippen molar-refractivity contribution < 1.29 is 31.2 Å². The summed E-state index contributed by atoms with van der Waals surface area (Å²) in [7, 11) is -6.08. The molecule has 0 aliphatic carbocycles. The van der Waals surface area contributed by atoms with Crippen LogP contribution in [0.1, 0.15) is 120 Å². The Morgan fingerprint density at radius 3 is 2.02 bits per heavy atom. The average molecular weight is 865 g/mol. The van der Waals surface area contributed by atoms with Crippen molar-refractivity contribution in [3.63, 3.8) is 0 Å². The van der Waals surface area contributed by atoms with Crippen LogP contribution < -0.4 is 14.9 Å². The van der Waals surface area contributed by atoms with Crippen LogP contribution in [0.2, 0.25) is 0 Å². The molecule has 1 aliphatic rings. The number of carbonyl (C=O) groups excluding carboxylic acids is 2. The van der Waals surface area contributed by atoms with E-state index in [4.69, 9.17) is 9.73 Å². The molecule has 2 N–H and O–H groups in total. The molecule has 0 aromatic heterocycles. The van der Waals surface area contributed by atoms with Gasteiger partial charge in [0.05, 0.1) is 29.8 Å². The van der Waals surface area contributed by atoms with Crippen LogP contribution in [0.25, 0.3) is 0 Å². The minimum atomic E-state index is -4.07. The topological polar surface area (TPSA) is 167 Å². The maximum Gasteiger partial charge on any atom is 0.338 e. The number of unbranched alkanes of at least 4 members (excludes halogenated alkanes) is 13. The molecule has 0 unspecified atom stereocenters. The number of likely N-dealkylation sites (N-methyl/N-ethyl adjacent to an activating group) is 1. The highest BCUT2D eigenvalue weighted by molar-refractivity contribution is 7.90. The van der Waals surface area contributed by atoms with Gasteiger partial charge >= 0.3 is 5.97 Å². The highest BCUT2D eigenvalue weighted by Crippen LogP contribution is 2.33. The zero-order chi connectivity index (χ0) is 43.5. The van der Waals surface area contributed by atoms with E-state index in [0.29, 0.717) is 42.2 Å². The second-order valence-corrected chi connectivity index (χ2v) is 19.1. The predicted octanol–water partition coefficient (Wildman–Crippen LogP) is 9.08. The van der Waals surface area contributed by atoms with Gasteiger partial charge < -0.3 is 15.0 Å². The van der Waals surface area contributed by atoms with Crippen LogP contribution in [-0.4, -0.2) is 84.1 Å². The third-order valence-electron chi connectivity index (χ3n) is 10.5. The lowest BCUT2D eigenvalue weighted by molar-refractivity contribution is -0.110. The molecule has 60 heavy (non-hydrogen) atoms. The number of amides is 1. The van der Waals surface area contributed by atoms with Gasteiger partial charge in [0.1, 0.15) is 4.90 Å². The Hall–Kier alpha value is -4.60.